The summed E-state index contributed by atoms with van der Waals surface area (Å²) in [6.45, 7) is 3.21. The van der Waals surface area contributed by atoms with Gasteiger partial charge in [-0.25, -0.2) is 13.2 Å². The van der Waals surface area contributed by atoms with Gasteiger partial charge in [-0.05, 0) is 76.5 Å². The Balaban J connectivity index is 1.51. The van der Waals surface area contributed by atoms with Crippen LogP contribution >= 0.6 is 0 Å². The van der Waals surface area contributed by atoms with Crippen molar-refractivity contribution in [1.82, 2.24) is 15.1 Å². The SMILES string of the molecule is CNC(=O)N1C(C)CN(C(=O)C2CCCO2)C2CC(C3CCC(S(C)(=O)=O)CC3)CCC21. The fourth-order valence-corrected chi connectivity index (χ4v) is 7.89. The molecule has 182 valence electrons. The second-order valence-electron chi connectivity index (χ2n) is 10.4. The highest BCUT2D eigenvalue weighted by atomic mass is 32.2. The molecule has 5 unspecified atom stereocenters. The van der Waals surface area contributed by atoms with Gasteiger partial charge in [0.05, 0.1) is 17.3 Å². The summed E-state index contributed by atoms with van der Waals surface area (Å²) in [5.41, 5.74) is 0. The molecule has 0 aromatic rings. The summed E-state index contributed by atoms with van der Waals surface area (Å²) in [7, 11) is -1.31. The first-order chi connectivity index (χ1) is 15.2. The molecule has 2 saturated heterocycles. The normalized spacial score (nSPS) is 38.3. The van der Waals surface area contributed by atoms with Crippen molar-refractivity contribution in [1.29, 1.82) is 0 Å². The third-order valence-corrected chi connectivity index (χ3v) is 10.1. The molecule has 4 fully saturated rings. The van der Waals surface area contributed by atoms with Crippen LogP contribution in [0, 0.1) is 11.8 Å². The first-order valence-electron chi connectivity index (χ1n) is 12.3. The predicted octanol–water partition coefficient (Wildman–Crippen LogP) is 2.18. The summed E-state index contributed by atoms with van der Waals surface area (Å²) in [6, 6.07) is -0.0774. The zero-order valence-corrected chi connectivity index (χ0v) is 20.5. The maximum Gasteiger partial charge on any atom is 0.317 e. The first kappa shape index (κ1) is 23.8. The fraction of sp³-hybridized carbons (Fsp3) is 0.913. The number of amides is 3. The van der Waals surface area contributed by atoms with Gasteiger partial charge in [0.2, 0.25) is 0 Å². The van der Waals surface area contributed by atoms with Crippen LogP contribution in [-0.2, 0) is 19.4 Å². The van der Waals surface area contributed by atoms with E-state index in [-0.39, 0.29) is 41.4 Å². The second kappa shape index (κ2) is 9.49. The Morgan fingerprint density at radius 2 is 1.66 bits per heavy atom. The number of nitrogens with zero attached hydrogens (tertiary/aromatic N) is 2. The molecule has 5 atom stereocenters. The number of rotatable bonds is 3. The molecule has 0 aromatic heterocycles. The molecule has 2 saturated carbocycles. The number of sulfone groups is 1. The number of ether oxygens (including phenoxy) is 1. The summed E-state index contributed by atoms with van der Waals surface area (Å²) < 4.78 is 29.6. The quantitative estimate of drug-likeness (QED) is 0.683. The first-order valence-corrected chi connectivity index (χ1v) is 14.3. The Bertz CT molecular complexity index is 804. The van der Waals surface area contributed by atoms with Crippen LogP contribution < -0.4 is 5.32 Å². The number of carbonyl (C=O) groups is 2. The van der Waals surface area contributed by atoms with Crippen LogP contribution in [-0.4, -0.2) is 86.1 Å². The molecule has 0 bridgehead atoms. The van der Waals surface area contributed by atoms with Crippen LogP contribution in [0.3, 0.4) is 0 Å². The van der Waals surface area contributed by atoms with E-state index >= 15 is 0 Å². The van der Waals surface area contributed by atoms with Crippen LogP contribution in [0.2, 0.25) is 0 Å². The van der Waals surface area contributed by atoms with E-state index in [4.69, 9.17) is 4.74 Å². The molecule has 32 heavy (non-hydrogen) atoms. The minimum Gasteiger partial charge on any atom is -0.368 e. The molecule has 2 aliphatic carbocycles. The van der Waals surface area contributed by atoms with Gasteiger partial charge in [-0.1, -0.05) is 0 Å². The highest BCUT2D eigenvalue weighted by Gasteiger charge is 2.49. The van der Waals surface area contributed by atoms with E-state index in [9.17, 15) is 18.0 Å². The topological polar surface area (TPSA) is 96.0 Å². The van der Waals surface area contributed by atoms with Gasteiger partial charge in [-0.2, -0.15) is 0 Å². The lowest BCUT2D eigenvalue weighted by atomic mass is 9.69. The van der Waals surface area contributed by atoms with Gasteiger partial charge in [0, 0.05) is 32.5 Å². The summed E-state index contributed by atoms with van der Waals surface area (Å²) in [5.74, 6) is 1.06. The van der Waals surface area contributed by atoms with E-state index in [1.807, 2.05) is 16.7 Å². The zero-order valence-electron chi connectivity index (χ0n) is 19.7. The molecule has 4 aliphatic rings. The van der Waals surface area contributed by atoms with E-state index < -0.39 is 9.84 Å². The van der Waals surface area contributed by atoms with E-state index in [0.29, 0.717) is 25.0 Å². The van der Waals surface area contributed by atoms with Crippen molar-refractivity contribution in [3.05, 3.63) is 0 Å². The molecule has 0 aromatic carbocycles. The standard InChI is InChI=1S/C23H39N3O5S/c1-15-14-25(22(27)21-5-4-12-31-21)20-13-17(8-11-19(20)26(15)23(28)24-2)16-6-9-18(10-7-16)32(3,29)30/h15-21H,4-14H2,1-3H3,(H,24,28). The van der Waals surface area contributed by atoms with Crippen LogP contribution in [0.15, 0.2) is 0 Å². The summed E-state index contributed by atoms with van der Waals surface area (Å²) in [5, 5.41) is 2.59. The fourth-order valence-electron chi connectivity index (χ4n) is 6.76. The van der Waals surface area contributed by atoms with Crippen LogP contribution in [0.4, 0.5) is 4.79 Å². The highest BCUT2D eigenvalue weighted by molar-refractivity contribution is 7.91. The van der Waals surface area contributed by atoms with Crippen molar-refractivity contribution in [2.75, 3.05) is 26.5 Å². The van der Waals surface area contributed by atoms with E-state index in [0.717, 1.165) is 57.8 Å². The molecule has 8 nitrogen and oxygen atoms in total. The van der Waals surface area contributed by atoms with Crippen molar-refractivity contribution in [2.24, 2.45) is 11.8 Å². The third-order valence-electron chi connectivity index (χ3n) is 8.44. The lowest BCUT2D eigenvalue weighted by Gasteiger charge is -2.55. The number of urea groups is 1. The maximum atomic E-state index is 13.4. The molecule has 3 amide bonds. The monoisotopic (exact) mass is 469 g/mol. The number of hydrogen-bond acceptors (Lipinski definition) is 5. The molecule has 4 rings (SSSR count). The van der Waals surface area contributed by atoms with Gasteiger partial charge in [-0.3, -0.25) is 4.79 Å². The largest absolute Gasteiger partial charge is 0.368 e. The predicted molar refractivity (Wildman–Crippen MR) is 122 cm³/mol. The van der Waals surface area contributed by atoms with Gasteiger partial charge in [0.1, 0.15) is 15.9 Å². The van der Waals surface area contributed by atoms with Crippen molar-refractivity contribution in [2.45, 2.75) is 94.2 Å². The van der Waals surface area contributed by atoms with Crippen molar-refractivity contribution in [3.8, 4) is 0 Å². The van der Waals surface area contributed by atoms with E-state index in [1.165, 1.54) is 6.26 Å². The summed E-state index contributed by atoms with van der Waals surface area (Å²) >= 11 is 0. The molecule has 1 N–H and O–H groups in total. The van der Waals surface area contributed by atoms with Gasteiger partial charge >= 0.3 is 6.03 Å². The van der Waals surface area contributed by atoms with Crippen LogP contribution in [0.1, 0.15) is 64.7 Å². The summed E-state index contributed by atoms with van der Waals surface area (Å²) in [6.07, 6.45) is 8.87. The molecule has 0 radical (unpaired) electrons. The maximum absolute atomic E-state index is 13.4. The van der Waals surface area contributed by atoms with Crippen molar-refractivity contribution < 1.29 is 22.7 Å². The van der Waals surface area contributed by atoms with Gasteiger partial charge in [-0.15, -0.1) is 0 Å². The lowest BCUT2D eigenvalue weighted by Crippen LogP contribution is -2.69. The van der Waals surface area contributed by atoms with E-state index in [1.54, 1.807) is 7.05 Å². The third kappa shape index (κ3) is 4.65. The van der Waals surface area contributed by atoms with Crippen molar-refractivity contribution >= 4 is 21.8 Å². The number of piperazine rings is 1. The zero-order chi connectivity index (χ0) is 23.0. The number of hydrogen-bond donors (Lipinski definition) is 1. The molecule has 0 spiro atoms. The average Bonchev–Trinajstić information content (AvgIpc) is 3.32. The Kier molecular flexibility index (Phi) is 7.05. The summed E-state index contributed by atoms with van der Waals surface area (Å²) in [4.78, 5) is 30.1. The van der Waals surface area contributed by atoms with Crippen molar-refractivity contribution in [3.63, 3.8) is 0 Å². The molecular weight excluding hydrogens is 430 g/mol. The Morgan fingerprint density at radius 3 is 2.25 bits per heavy atom. The van der Waals surface area contributed by atoms with Crippen LogP contribution in [0.25, 0.3) is 0 Å². The minimum atomic E-state index is -2.97. The Morgan fingerprint density at radius 1 is 0.969 bits per heavy atom. The Labute approximate surface area is 192 Å². The molecule has 9 heteroatoms. The molecule has 2 heterocycles. The van der Waals surface area contributed by atoms with Gasteiger partial charge < -0.3 is 19.9 Å². The second-order valence-corrected chi connectivity index (χ2v) is 12.7. The molecular formula is C23H39N3O5S. The lowest BCUT2D eigenvalue weighted by molar-refractivity contribution is -0.152. The van der Waals surface area contributed by atoms with Gasteiger partial charge in [0.15, 0.2) is 0 Å². The Hall–Kier alpha value is -1.35. The average molecular weight is 470 g/mol. The van der Waals surface area contributed by atoms with Crippen LogP contribution in [0.5, 0.6) is 0 Å². The smallest absolute Gasteiger partial charge is 0.317 e. The van der Waals surface area contributed by atoms with Gasteiger partial charge in [0.25, 0.3) is 5.91 Å². The minimum absolute atomic E-state index is 0.00609. The highest BCUT2D eigenvalue weighted by Crippen LogP contribution is 2.43. The number of nitrogens with one attached hydrogen (secondary N) is 1. The van der Waals surface area contributed by atoms with E-state index in [2.05, 4.69) is 5.32 Å². The number of carbonyl (C=O) groups excluding carboxylic acids is 2. The molecule has 2 aliphatic heterocycles. The number of fused-ring (bicyclic) bond motifs is 1.